The summed E-state index contributed by atoms with van der Waals surface area (Å²) in [5.41, 5.74) is 2.03. The molecule has 2 aliphatic rings. The molecule has 1 saturated carbocycles. The first-order valence-corrected chi connectivity index (χ1v) is 7.85. The third kappa shape index (κ3) is 2.71. The van der Waals surface area contributed by atoms with Crippen LogP contribution in [0.3, 0.4) is 0 Å². The van der Waals surface area contributed by atoms with E-state index in [0.29, 0.717) is 0 Å². The number of aliphatic hydroxyl groups is 1. The number of fused-ring (bicyclic) bond motifs is 1. The Hall–Kier alpha value is -1.24. The third-order valence-corrected chi connectivity index (χ3v) is 4.64. The van der Waals surface area contributed by atoms with Gasteiger partial charge in [0, 0.05) is 23.8 Å². The highest BCUT2D eigenvalue weighted by Crippen LogP contribution is 2.42. The Morgan fingerprint density at radius 1 is 1.18 bits per heavy atom. The van der Waals surface area contributed by atoms with Crippen LogP contribution in [-0.4, -0.2) is 45.7 Å². The van der Waals surface area contributed by atoms with Gasteiger partial charge in [-0.25, -0.2) is 9.97 Å². The highest BCUT2D eigenvalue weighted by Gasteiger charge is 2.53. The summed E-state index contributed by atoms with van der Waals surface area (Å²) in [7, 11) is 0. The second-order valence-electron chi connectivity index (χ2n) is 6.82. The lowest BCUT2D eigenvalue weighted by Crippen LogP contribution is -2.35. The van der Waals surface area contributed by atoms with Gasteiger partial charge in [0.25, 0.3) is 0 Å². The van der Waals surface area contributed by atoms with Crippen LogP contribution in [-0.2, 0) is 9.47 Å². The summed E-state index contributed by atoms with van der Waals surface area (Å²) >= 11 is 0. The first kappa shape index (κ1) is 15.6. The Bertz CT molecular complexity index is 576. The van der Waals surface area contributed by atoms with Crippen molar-refractivity contribution in [3.8, 4) is 0 Å². The fourth-order valence-electron chi connectivity index (χ4n) is 3.49. The Kier molecular flexibility index (Phi) is 3.87. The molecule has 6 heteroatoms. The lowest BCUT2D eigenvalue weighted by molar-refractivity contribution is -0.158. The van der Waals surface area contributed by atoms with Crippen molar-refractivity contribution in [3.05, 3.63) is 17.1 Å². The van der Waals surface area contributed by atoms with Crippen LogP contribution in [0.1, 0.15) is 37.4 Å². The molecule has 1 aliphatic carbocycles. The number of anilines is 1. The van der Waals surface area contributed by atoms with E-state index in [1.54, 1.807) is 0 Å². The molecule has 0 unspecified atom stereocenters. The average Bonchev–Trinajstić information content (AvgIpc) is 2.89. The lowest BCUT2D eigenvalue weighted by Gasteiger charge is -2.24. The van der Waals surface area contributed by atoms with Gasteiger partial charge in [0.15, 0.2) is 5.79 Å². The Morgan fingerprint density at radius 3 is 2.55 bits per heavy atom. The Labute approximate surface area is 131 Å². The van der Waals surface area contributed by atoms with E-state index in [0.717, 1.165) is 29.3 Å². The Balaban J connectivity index is 1.84. The van der Waals surface area contributed by atoms with Gasteiger partial charge in [-0.3, -0.25) is 0 Å². The van der Waals surface area contributed by atoms with E-state index in [-0.39, 0.29) is 30.8 Å². The van der Waals surface area contributed by atoms with Crippen molar-refractivity contribution in [3.63, 3.8) is 0 Å². The van der Waals surface area contributed by atoms with Gasteiger partial charge in [0.05, 0.1) is 12.1 Å². The molecule has 122 valence electrons. The van der Waals surface area contributed by atoms with Crippen LogP contribution in [0.15, 0.2) is 0 Å². The van der Waals surface area contributed by atoms with Gasteiger partial charge in [-0.15, -0.1) is 0 Å². The van der Waals surface area contributed by atoms with Crippen LogP contribution < -0.4 is 5.32 Å². The minimum atomic E-state index is -0.602. The summed E-state index contributed by atoms with van der Waals surface area (Å²) in [6.45, 7) is 9.84. The van der Waals surface area contributed by atoms with E-state index >= 15 is 0 Å². The van der Waals surface area contributed by atoms with E-state index in [1.807, 2.05) is 34.6 Å². The summed E-state index contributed by atoms with van der Waals surface area (Å²) in [6.07, 6.45) is 0.674. The van der Waals surface area contributed by atoms with Crippen molar-refractivity contribution >= 4 is 5.82 Å². The molecule has 0 spiro atoms. The smallest absolute Gasteiger partial charge is 0.163 e. The summed E-state index contributed by atoms with van der Waals surface area (Å²) < 4.78 is 12.0. The summed E-state index contributed by atoms with van der Waals surface area (Å²) in [5.74, 6) is 1.09. The number of aryl methyl sites for hydroxylation is 2. The maximum Gasteiger partial charge on any atom is 0.163 e. The maximum atomic E-state index is 9.62. The van der Waals surface area contributed by atoms with Crippen molar-refractivity contribution in [2.45, 2.75) is 65.1 Å². The van der Waals surface area contributed by atoms with Crippen LogP contribution in [0.2, 0.25) is 0 Å². The number of aliphatic hydroxyl groups excluding tert-OH is 1. The zero-order valence-electron chi connectivity index (χ0n) is 13.9. The fourth-order valence-corrected chi connectivity index (χ4v) is 3.49. The van der Waals surface area contributed by atoms with Crippen LogP contribution in [0.4, 0.5) is 5.82 Å². The molecule has 1 aliphatic heterocycles. The molecule has 1 aromatic rings. The molecule has 0 amide bonds. The number of rotatable bonds is 3. The van der Waals surface area contributed by atoms with Crippen molar-refractivity contribution in [1.29, 1.82) is 0 Å². The molecular weight excluding hydrogens is 282 g/mol. The highest BCUT2D eigenvalue weighted by atomic mass is 16.8. The van der Waals surface area contributed by atoms with Gasteiger partial charge in [-0.2, -0.15) is 0 Å². The lowest BCUT2D eigenvalue weighted by atomic mass is 10.1. The molecule has 0 aromatic carbocycles. The molecular formula is C16H25N3O3. The van der Waals surface area contributed by atoms with Crippen LogP contribution in [0.5, 0.6) is 0 Å². The standard InChI is InChI=1S/C16H25N3O3/c1-8-9(2)17-10(3)18-15(8)19-12-6-11(7-20)13-14(12)22-16(4,5)21-13/h11-14,20H,6-7H2,1-5H3,(H,17,18,19)/t11-,12-,13-,14+/m1/s1. The van der Waals surface area contributed by atoms with Crippen LogP contribution in [0, 0.1) is 26.7 Å². The summed E-state index contributed by atoms with van der Waals surface area (Å²) in [6, 6.07) is 0.0799. The minimum Gasteiger partial charge on any atom is -0.396 e. The first-order chi connectivity index (χ1) is 10.3. The maximum absolute atomic E-state index is 9.62. The van der Waals surface area contributed by atoms with E-state index in [1.165, 1.54) is 0 Å². The highest BCUT2D eigenvalue weighted by molar-refractivity contribution is 5.47. The van der Waals surface area contributed by atoms with Gasteiger partial charge in [0.2, 0.25) is 0 Å². The molecule has 1 saturated heterocycles. The van der Waals surface area contributed by atoms with Crippen molar-refractivity contribution in [2.24, 2.45) is 5.92 Å². The summed E-state index contributed by atoms with van der Waals surface area (Å²) in [5, 5.41) is 13.1. The quantitative estimate of drug-likeness (QED) is 0.885. The first-order valence-electron chi connectivity index (χ1n) is 7.85. The van der Waals surface area contributed by atoms with Gasteiger partial charge >= 0.3 is 0 Å². The summed E-state index contributed by atoms with van der Waals surface area (Å²) in [4.78, 5) is 8.90. The fraction of sp³-hybridized carbons (Fsp3) is 0.750. The number of hydrogen-bond donors (Lipinski definition) is 2. The van der Waals surface area contributed by atoms with Gasteiger partial charge in [-0.1, -0.05) is 0 Å². The number of nitrogens with one attached hydrogen (secondary N) is 1. The predicted octanol–water partition coefficient (Wildman–Crippen LogP) is 1.71. The minimum absolute atomic E-state index is 0.0675. The van der Waals surface area contributed by atoms with Crippen molar-refractivity contribution in [2.75, 3.05) is 11.9 Å². The van der Waals surface area contributed by atoms with Crippen LogP contribution in [0.25, 0.3) is 0 Å². The molecule has 2 fully saturated rings. The molecule has 1 aromatic heterocycles. The van der Waals surface area contributed by atoms with Crippen molar-refractivity contribution in [1.82, 2.24) is 9.97 Å². The number of ether oxygens (including phenoxy) is 2. The molecule has 2 N–H and O–H groups in total. The molecule has 4 atom stereocenters. The van der Waals surface area contributed by atoms with Crippen LogP contribution >= 0.6 is 0 Å². The van der Waals surface area contributed by atoms with E-state index in [9.17, 15) is 5.11 Å². The Morgan fingerprint density at radius 2 is 1.86 bits per heavy atom. The van der Waals surface area contributed by atoms with E-state index < -0.39 is 5.79 Å². The monoisotopic (exact) mass is 307 g/mol. The number of hydrogen-bond acceptors (Lipinski definition) is 6. The molecule has 3 rings (SSSR count). The third-order valence-electron chi connectivity index (χ3n) is 4.64. The van der Waals surface area contributed by atoms with Crippen molar-refractivity contribution < 1.29 is 14.6 Å². The van der Waals surface area contributed by atoms with E-state index in [4.69, 9.17) is 9.47 Å². The predicted molar refractivity (Wildman–Crippen MR) is 82.7 cm³/mol. The number of nitrogens with zero attached hydrogens (tertiary/aromatic N) is 2. The average molecular weight is 307 g/mol. The number of aromatic nitrogens is 2. The largest absolute Gasteiger partial charge is 0.396 e. The van der Waals surface area contributed by atoms with Gasteiger partial charge < -0.3 is 19.9 Å². The second-order valence-corrected chi connectivity index (χ2v) is 6.82. The molecule has 2 heterocycles. The normalized spacial score (nSPS) is 33.0. The molecule has 0 radical (unpaired) electrons. The molecule has 6 nitrogen and oxygen atoms in total. The second kappa shape index (κ2) is 5.44. The SMILES string of the molecule is Cc1nc(C)c(C)c(N[C@@H]2C[C@H](CO)[C@H]3OC(C)(C)O[C@H]32)n1. The van der Waals surface area contributed by atoms with Gasteiger partial charge in [-0.05, 0) is 41.0 Å². The zero-order chi connectivity index (χ0) is 16.1. The molecule has 22 heavy (non-hydrogen) atoms. The topological polar surface area (TPSA) is 76.5 Å². The van der Waals surface area contributed by atoms with Gasteiger partial charge in [0.1, 0.15) is 17.7 Å². The van der Waals surface area contributed by atoms with E-state index in [2.05, 4.69) is 15.3 Å². The zero-order valence-corrected chi connectivity index (χ0v) is 13.9. The molecule has 0 bridgehead atoms.